The molecule has 2 aromatic rings. The lowest BCUT2D eigenvalue weighted by Crippen LogP contribution is -2.17. The SMILES string of the molecule is CC(NCc1ccccc1F)c1ccc(Br)s1. The largest absolute Gasteiger partial charge is 0.305 e. The summed E-state index contributed by atoms with van der Waals surface area (Å²) in [5.74, 6) is -0.153. The molecule has 1 heterocycles. The Morgan fingerprint density at radius 3 is 2.71 bits per heavy atom. The quantitative estimate of drug-likeness (QED) is 0.876. The number of hydrogen-bond donors (Lipinski definition) is 1. The van der Waals surface area contributed by atoms with Crippen molar-refractivity contribution in [3.8, 4) is 0 Å². The van der Waals surface area contributed by atoms with Crippen molar-refractivity contribution in [1.29, 1.82) is 0 Å². The van der Waals surface area contributed by atoms with Gasteiger partial charge >= 0.3 is 0 Å². The van der Waals surface area contributed by atoms with Crippen LogP contribution in [0.15, 0.2) is 40.2 Å². The summed E-state index contributed by atoms with van der Waals surface area (Å²) in [6, 6.07) is 11.2. The summed E-state index contributed by atoms with van der Waals surface area (Å²) >= 11 is 5.13. The van der Waals surface area contributed by atoms with Crippen molar-refractivity contribution < 1.29 is 4.39 Å². The first-order valence-corrected chi connectivity index (χ1v) is 7.00. The topological polar surface area (TPSA) is 12.0 Å². The van der Waals surface area contributed by atoms with Gasteiger partial charge < -0.3 is 5.32 Å². The van der Waals surface area contributed by atoms with Gasteiger partial charge in [-0.2, -0.15) is 0 Å². The highest BCUT2D eigenvalue weighted by Gasteiger charge is 2.08. The second kappa shape index (κ2) is 5.76. The standard InChI is InChI=1S/C13H13BrFNS/c1-9(12-6-7-13(14)17-12)16-8-10-4-2-3-5-11(10)15/h2-7,9,16H,8H2,1H3. The fourth-order valence-electron chi connectivity index (χ4n) is 1.57. The maximum atomic E-state index is 13.4. The van der Waals surface area contributed by atoms with E-state index in [2.05, 4.69) is 34.2 Å². The Morgan fingerprint density at radius 1 is 1.29 bits per heavy atom. The molecule has 0 saturated heterocycles. The number of nitrogens with one attached hydrogen (secondary N) is 1. The lowest BCUT2D eigenvalue weighted by atomic mass is 10.2. The molecule has 1 N–H and O–H groups in total. The number of thiophene rings is 1. The molecule has 0 fully saturated rings. The molecule has 0 aliphatic heterocycles. The highest BCUT2D eigenvalue weighted by atomic mass is 79.9. The summed E-state index contributed by atoms with van der Waals surface area (Å²) in [5, 5.41) is 3.32. The summed E-state index contributed by atoms with van der Waals surface area (Å²) in [6.07, 6.45) is 0. The van der Waals surface area contributed by atoms with E-state index in [-0.39, 0.29) is 11.9 Å². The fraction of sp³-hybridized carbons (Fsp3) is 0.231. The van der Waals surface area contributed by atoms with E-state index in [0.717, 1.165) is 3.79 Å². The highest BCUT2D eigenvalue weighted by Crippen LogP contribution is 2.27. The van der Waals surface area contributed by atoms with Gasteiger partial charge in [0.15, 0.2) is 0 Å². The van der Waals surface area contributed by atoms with Crippen LogP contribution in [0.25, 0.3) is 0 Å². The summed E-state index contributed by atoms with van der Waals surface area (Å²) in [5.41, 5.74) is 0.704. The minimum Gasteiger partial charge on any atom is -0.305 e. The predicted molar refractivity (Wildman–Crippen MR) is 73.7 cm³/mol. The predicted octanol–water partition coefficient (Wildman–Crippen LogP) is 4.50. The molecular formula is C13H13BrFNS. The van der Waals surface area contributed by atoms with E-state index in [9.17, 15) is 4.39 Å². The third kappa shape index (κ3) is 3.37. The normalized spacial score (nSPS) is 12.6. The van der Waals surface area contributed by atoms with Crippen molar-refractivity contribution in [3.05, 3.63) is 56.4 Å². The van der Waals surface area contributed by atoms with Gasteiger partial charge in [0.25, 0.3) is 0 Å². The van der Waals surface area contributed by atoms with Gasteiger partial charge in [-0.25, -0.2) is 4.39 Å². The van der Waals surface area contributed by atoms with Crippen LogP contribution >= 0.6 is 27.3 Å². The van der Waals surface area contributed by atoms with Crippen molar-refractivity contribution in [2.45, 2.75) is 19.5 Å². The van der Waals surface area contributed by atoms with Gasteiger partial charge in [0.2, 0.25) is 0 Å². The van der Waals surface area contributed by atoms with Crippen LogP contribution in [0.5, 0.6) is 0 Å². The molecule has 1 aromatic carbocycles. The minimum atomic E-state index is -0.153. The first-order valence-electron chi connectivity index (χ1n) is 5.39. The van der Waals surface area contributed by atoms with Crippen LogP contribution < -0.4 is 5.32 Å². The average Bonchev–Trinajstić information content (AvgIpc) is 2.74. The Kier molecular flexibility index (Phi) is 4.31. The zero-order chi connectivity index (χ0) is 12.3. The molecule has 1 unspecified atom stereocenters. The molecule has 0 spiro atoms. The molecule has 0 aliphatic carbocycles. The van der Waals surface area contributed by atoms with E-state index >= 15 is 0 Å². The molecule has 0 saturated carbocycles. The van der Waals surface area contributed by atoms with Crippen molar-refractivity contribution in [2.75, 3.05) is 0 Å². The zero-order valence-corrected chi connectivity index (χ0v) is 11.8. The zero-order valence-electron chi connectivity index (χ0n) is 9.41. The van der Waals surface area contributed by atoms with Gasteiger partial charge in [0, 0.05) is 23.0 Å². The van der Waals surface area contributed by atoms with Crippen LogP contribution in [0.4, 0.5) is 4.39 Å². The molecule has 0 radical (unpaired) electrons. The van der Waals surface area contributed by atoms with Crippen LogP contribution in [-0.2, 0) is 6.54 Å². The fourth-order valence-corrected chi connectivity index (χ4v) is 3.02. The molecule has 1 atom stereocenters. The summed E-state index contributed by atoms with van der Waals surface area (Å²) in [4.78, 5) is 1.24. The van der Waals surface area contributed by atoms with Gasteiger partial charge in [-0.1, -0.05) is 18.2 Å². The monoisotopic (exact) mass is 313 g/mol. The Hall–Kier alpha value is -0.710. The minimum absolute atomic E-state index is 0.153. The van der Waals surface area contributed by atoms with Gasteiger partial charge in [-0.15, -0.1) is 11.3 Å². The Bertz CT molecular complexity index is 498. The van der Waals surface area contributed by atoms with Gasteiger partial charge in [-0.3, -0.25) is 0 Å². The first-order chi connectivity index (χ1) is 8.16. The third-order valence-corrected chi connectivity index (χ3v) is 4.38. The highest BCUT2D eigenvalue weighted by molar-refractivity contribution is 9.11. The number of rotatable bonds is 4. The lowest BCUT2D eigenvalue weighted by Gasteiger charge is -2.12. The van der Waals surface area contributed by atoms with Crippen molar-refractivity contribution in [3.63, 3.8) is 0 Å². The van der Waals surface area contributed by atoms with Crippen molar-refractivity contribution in [1.82, 2.24) is 5.32 Å². The summed E-state index contributed by atoms with van der Waals surface area (Å²) < 4.78 is 14.5. The van der Waals surface area contributed by atoms with Crippen molar-refractivity contribution in [2.24, 2.45) is 0 Å². The average molecular weight is 314 g/mol. The lowest BCUT2D eigenvalue weighted by molar-refractivity contribution is 0.549. The molecule has 0 bridgehead atoms. The van der Waals surface area contributed by atoms with E-state index < -0.39 is 0 Å². The molecule has 90 valence electrons. The smallest absolute Gasteiger partial charge is 0.127 e. The maximum absolute atomic E-state index is 13.4. The maximum Gasteiger partial charge on any atom is 0.127 e. The second-order valence-corrected chi connectivity index (χ2v) is 6.33. The van der Waals surface area contributed by atoms with Crippen LogP contribution in [0.1, 0.15) is 23.4 Å². The number of benzene rings is 1. The van der Waals surface area contributed by atoms with Crippen LogP contribution in [-0.4, -0.2) is 0 Å². The molecule has 17 heavy (non-hydrogen) atoms. The molecular weight excluding hydrogens is 301 g/mol. The molecule has 1 aromatic heterocycles. The Morgan fingerprint density at radius 2 is 2.06 bits per heavy atom. The van der Waals surface area contributed by atoms with E-state index in [1.165, 1.54) is 10.9 Å². The van der Waals surface area contributed by atoms with E-state index in [4.69, 9.17) is 0 Å². The molecule has 1 nitrogen and oxygen atoms in total. The van der Waals surface area contributed by atoms with E-state index in [0.29, 0.717) is 12.1 Å². The van der Waals surface area contributed by atoms with Gasteiger partial charge in [0.05, 0.1) is 3.79 Å². The number of hydrogen-bond acceptors (Lipinski definition) is 2. The van der Waals surface area contributed by atoms with Crippen LogP contribution in [0, 0.1) is 5.82 Å². The van der Waals surface area contributed by atoms with Crippen LogP contribution in [0.3, 0.4) is 0 Å². The van der Waals surface area contributed by atoms with E-state index in [1.54, 1.807) is 23.5 Å². The van der Waals surface area contributed by atoms with Gasteiger partial charge in [0.1, 0.15) is 5.82 Å². The van der Waals surface area contributed by atoms with E-state index in [1.807, 2.05) is 12.1 Å². The Balaban J connectivity index is 1.97. The van der Waals surface area contributed by atoms with Gasteiger partial charge in [-0.05, 0) is 41.1 Å². The molecule has 2 rings (SSSR count). The second-order valence-electron chi connectivity index (χ2n) is 3.84. The third-order valence-electron chi connectivity index (χ3n) is 2.58. The molecule has 4 heteroatoms. The Labute approximate surface area is 113 Å². The molecule has 0 aliphatic rings. The van der Waals surface area contributed by atoms with Crippen molar-refractivity contribution >= 4 is 27.3 Å². The molecule has 0 amide bonds. The summed E-state index contributed by atoms with van der Waals surface area (Å²) in [7, 11) is 0. The summed E-state index contributed by atoms with van der Waals surface area (Å²) in [6.45, 7) is 2.63. The number of halogens is 2. The van der Waals surface area contributed by atoms with Crippen LogP contribution in [0.2, 0.25) is 0 Å². The first kappa shape index (κ1) is 12.7.